The third kappa shape index (κ3) is 0.653. The largest absolute Gasteiger partial charge is 0.296 e. The van der Waals surface area contributed by atoms with Gasteiger partial charge in [-0.15, -0.1) is 0 Å². The van der Waals surface area contributed by atoms with E-state index in [9.17, 15) is 0 Å². The van der Waals surface area contributed by atoms with E-state index in [1.807, 2.05) is 0 Å². The Labute approximate surface area is 82.4 Å². The standard InChI is InChI=1S/C11H17N.B/c1-2-9-5-6-12-7-10-4-3-8(1)11(9,10)12;/h8-10H,1-7H2;/t8-,9-,10+,11-;/m1./s1. The van der Waals surface area contributed by atoms with Gasteiger partial charge in [-0.25, -0.2) is 0 Å². The second-order valence-electron chi connectivity index (χ2n) is 5.37. The van der Waals surface area contributed by atoms with Crippen LogP contribution in [0.5, 0.6) is 0 Å². The van der Waals surface area contributed by atoms with E-state index in [4.69, 9.17) is 0 Å². The molecule has 0 bridgehead atoms. The first kappa shape index (κ1) is 8.34. The van der Waals surface area contributed by atoms with E-state index in [1.54, 1.807) is 25.7 Å². The van der Waals surface area contributed by atoms with Crippen LogP contribution >= 0.6 is 0 Å². The minimum absolute atomic E-state index is 0. The van der Waals surface area contributed by atoms with Crippen molar-refractivity contribution in [2.75, 3.05) is 13.1 Å². The highest BCUT2D eigenvalue weighted by Crippen LogP contribution is 2.66. The molecule has 2 heterocycles. The topological polar surface area (TPSA) is 3.24 Å². The lowest BCUT2D eigenvalue weighted by atomic mass is 9.71. The van der Waals surface area contributed by atoms with E-state index in [2.05, 4.69) is 4.90 Å². The lowest BCUT2D eigenvalue weighted by Crippen LogP contribution is -2.64. The van der Waals surface area contributed by atoms with Crippen molar-refractivity contribution in [1.82, 2.24) is 4.90 Å². The van der Waals surface area contributed by atoms with Gasteiger partial charge in [0.1, 0.15) is 0 Å². The van der Waals surface area contributed by atoms with Gasteiger partial charge in [0, 0.05) is 20.5 Å². The molecular formula is C11H17BN. The molecule has 4 atom stereocenters. The molecule has 0 amide bonds. The highest BCUT2D eigenvalue weighted by atomic mass is 15.3. The van der Waals surface area contributed by atoms with Crippen molar-refractivity contribution < 1.29 is 0 Å². The Balaban J connectivity index is 0.000000562. The molecule has 1 spiro atoms. The molecule has 2 aliphatic heterocycles. The molecule has 0 aromatic heterocycles. The van der Waals surface area contributed by atoms with Gasteiger partial charge in [-0.3, -0.25) is 4.90 Å². The molecule has 4 fully saturated rings. The fraction of sp³-hybridized carbons (Fsp3) is 1.00. The zero-order chi connectivity index (χ0) is 7.76. The van der Waals surface area contributed by atoms with Gasteiger partial charge < -0.3 is 0 Å². The zero-order valence-corrected chi connectivity index (χ0v) is 8.21. The van der Waals surface area contributed by atoms with E-state index < -0.39 is 0 Å². The predicted molar refractivity (Wildman–Crippen MR) is 53.6 cm³/mol. The fourth-order valence-corrected chi connectivity index (χ4v) is 5.17. The third-order valence-electron chi connectivity index (χ3n) is 5.43. The van der Waals surface area contributed by atoms with Crippen LogP contribution < -0.4 is 0 Å². The Kier molecular flexibility index (Phi) is 1.50. The smallest absolute Gasteiger partial charge is 0.0306 e. The number of hydrogen-bond donors (Lipinski definition) is 0. The Morgan fingerprint density at radius 3 is 2.23 bits per heavy atom. The minimum Gasteiger partial charge on any atom is -0.296 e. The van der Waals surface area contributed by atoms with Gasteiger partial charge in [-0.1, -0.05) is 0 Å². The van der Waals surface area contributed by atoms with Crippen molar-refractivity contribution in [1.29, 1.82) is 0 Å². The Morgan fingerprint density at radius 2 is 1.46 bits per heavy atom. The summed E-state index contributed by atoms with van der Waals surface area (Å²) in [4.78, 5) is 2.84. The van der Waals surface area contributed by atoms with Gasteiger partial charge in [0.2, 0.25) is 0 Å². The Bertz CT molecular complexity index is 212. The first-order valence-electron chi connectivity index (χ1n) is 5.67. The molecular weight excluding hydrogens is 157 g/mol. The van der Waals surface area contributed by atoms with Crippen LogP contribution in [0.2, 0.25) is 0 Å². The molecule has 0 aromatic carbocycles. The van der Waals surface area contributed by atoms with Crippen molar-refractivity contribution in [2.45, 2.75) is 37.6 Å². The molecule has 0 N–H and O–H groups in total. The lowest BCUT2D eigenvalue weighted by Gasteiger charge is -2.54. The summed E-state index contributed by atoms with van der Waals surface area (Å²) in [5, 5.41) is 0. The molecule has 4 aliphatic rings. The molecule has 2 saturated heterocycles. The second-order valence-corrected chi connectivity index (χ2v) is 5.37. The summed E-state index contributed by atoms with van der Waals surface area (Å²) < 4.78 is 0. The average Bonchev–Trinajstić information content (AvgIpc) is 2.60. The summed E-state index contributed by atoms with van der Waals surface area (Å²) in [5.74, 6) is 3.39. The molecule has 3 radical (unpaired) electrons. The van der Waals surface area contributed by atoms with Gasteiger partial charge in [-0.05, 0) is 56.4 Å². The van der Waals surface area contributed by atoms with Crippen LogP contribution in [0.3, 0.4) is 0 Å². The second kappa shape index (κ2) is 2.33. The van der Waals surface area contributed by atoms with Gasteiger partial charge in [0.05, 0.1) is 0 Å². The summed E-state index contributed by atoms with van der Waals surface area (Å²) in [6, 6.07) is 0. The maximum atomic E-state index is 2.84. The maximum absolute atomic E-state index is 2.84. The minimum atomic E-state index is 0. The summed E-state index contributed by atoms with van der Waals surface area (Å²) in [7, 11) is 0. The average molecular weight is 174 g/mol. The highest BCUT2D eigenvalue weighted by Gasteiger charge is 2.68. The van der Waals surface area contributed by atoms with Crippen LogP contribution in [0.4, 0.5) is 0 Å². The quantitative estimate of drug-likeness (QED) is 0.503. The molecule has 0 unspecified atom stereocenters. The first-order valence-corrected chi connectivity index (χ1v) is 5.67. The number of nitrogens with zero attached hydrogens (tertiary/aromatic N) is 1. The van der Waals surface area contributed by atoms with Gasteiger partial charge >= 0.3 is 0 Å². The van der Waals surface area contributed by atoms with Gasteiger partial charge in [-0.2, -0.15) is 0 Å². The van der Waals surface area contributed by atoms with Crippen molar-refractivity contribution in [2.24, 2.45) is 17.8 Å². The lowest BCUT2D eigenvalue weighted by molar-refractivity contribution is -0.0583. The van der Waals surface area contributed by atoms with Crippen LogP contribution in [0.1, 0.15) is 32.1 Å². The molecule has 0 aromatic rings. The van der Waals surface area contributed by atoms with Crippen LogP contribution in [0.25, 0.3) is 0 Å². The van der Waals surface area contributed by atoms with Crippen molar-refractivity contribution in [3.63, 3.8) is 0 Å². The molecule has 4 rings (SSSR count). The molecule has 2 heteroatoms. The first-order chi connectivity index (χ1) is 5.92. The monoisotopic (exact) mass is 174 g/mol. The maximum Gasteiger partial charge on any atom is 0.0306 e. The normalized spacial score (nSPS) is 56.8. The van der Waals surface area contributed by atoms with E-state index in [-0.39, 0.29) is 8.41 Å². The van der Waals surface area contributed by atoms with E-state index >= 15 is 0 Å². The van der Waals surface area contributed by atoms with Gasteiger partial charge in [0.25, 0.3) is 0 Å². The molecule has 69 valence electrons. The zero-order valence-electron chi connectivity index (χ0n) is 8.21. The number of hydrogen-bond acceptors (Lipinski definition) is 1. The summed E-state index contributed by atoms with van der Waals surface area (Å²) in [6.07, 6.45) is 7.80. The molecule has 1 nitrogen and oxygen atoms in total. The van der Waals surface area contributed by atoms with Crippen LogP contribution in [-0.2, 0) is 0 Å². The number of rotatable bonds is 0. The predicted octanol–water partition coefficient (Wildman–Crippen LogP) is 1.50. The molecule has 2 aliphatic carbocycles. The summed E-state index contributed by atoms with van der Waals surface area (Å²) in [5.41, 5.74) is 0.806. The summed E-state index contributed by atoms with van der Waals surface area (Å²) >= 11 is 0. The SMILES string of the molecule is C1C[C@@H]2CCN3C[C@@H]4CC[C@@H]1[C@@]243.[B]. The van der Waals surface area contributed by atoms with Crippen LogP contribution in [0.15, 0.2) is 0 Å². The van der Waals surface area contributed by atoms with Crippen LogP contribution in [-0.4, -0.2) is 31.9 Å². The fourth-order valence-electron chi connectivity index (χ4n) is 5.17. The van der Waals surface area contributed by atoms with E-state index in [1.165, 1.54) is 19.5 Å². The highest BCUT2D eigenvalue weighted by molar-refractivity contribution is 5.75. The van der Waals surface area contributed by atoms with E-state index in [0.717, 1.165) is 23.3 Å². The van der Waals surface area contributed by atoms with Crippen molar-refractivity contribution in [3.8, 4) is 0 Å². The van der Waals surface area contributed by atoms with Crippen molar-refractivity contribution in [3.05, 3.63) is 0 Å². The van der Waals surface area contributed by atoms with Crippen molar-refractivity contribution >= 4 is 8.41 Å². The van der Waals surface area contributed by atoms with Crippen LogP contribution in [0, 0.1) is 17.8 Å². The summed E-state index contributed by atoms with van der Waals surface area (Å²) in [6.45, 7) is 2.91. The molecule has 2 saturated carbocycles. The Morgan fingerprint density at radius 1 is 0.846 bits per heavy atom. The Hall–Kier alpha value is 0.0249. The van der Waals surface area contributed by atoms with E-state index in [0.29, 0.717) is 0 Å². The molecule has 13 heavy (non-hydrogen) atoms. The van der Waals surface area contributed by atoms with Gasteiger partial charge in [0.15, 0.2) is 0 Å². The third-order valence-corrected chi connectivity index (χ3v) is 5.43.